The van der Waals surface area contributed by atoms with E-state index in [1.165, 1.54) is 25.7 Å². The van der Waals surface area contributed by atoms with Gasteiger partial charge in [0.15, 0.2) is 0 Å². The number of furan rings is 1. The maximum Gasteiger partial charge on any atom is 0.220 e. The summed E-state index contributed by atoms with van der Waals surface area (Å²) in [4.78, 5) is 12.2. The lowest BCUT2D eigenvalue weighted by molar-refractivity contribution is -0.122. The second-order valence-electron chi connectivity index (χ2n) is 6.90. The Morgan fingerprint density at radius 2 is 1.74 bits per heavy atom. The maximum atomic E-state index is 12.2. The third-order valence-corrected chi connectivity index (χ3v) is 4.91. The van der Waals surface area contributed by atoms with Crippen molar-refractivity contribution in [2.24, 2.45) is 11.8 Å². The Bertz CT molecular complexity index is 656. The molecule has 0 radical (unpaired) electrons. The molecular weight excluding hydrogens is 286 g/mol. The lowest BCUT2D eigenvalue weighted by Gasteiger charge is -2.17. The van der Waals surface area contributed by atoms with E-state index in [4.69, 9.17) is 4.42 Å². The summed E-state index contributed by atoms with van der Waals surface area (Å²) >= 11 is 0. The van der Waals surface area contributed by atoms with Crippen molar-refractivity contribution >= 4 is 5.91 Å². The zero-order valence-corrected chi connectivity index (χ0v) is 13.3. The van der Waals surface area contributed by atoms with E-state index in [1.807, 2.05) is 42.5 Å². The van der Waals surface area contributed by atoms with Crippen LogP contribution in [0.25, 0.3) is 11.3 Å². The Balaban J connectivity index is 1.30. The normalized spacial score (nSPS) is 17.4. The Morgan fingerprint density at radius 1 is 1.04 bits per heavy atom. The third-order valence-electron chi connectivity index (χ3n) is 4.91. The van der Waals surface area contributed by atoms with Gasteiger partial charge in [-0.3, -0.25) is 4.79 Å². The van der Waals surface area contributed by atoms with Gasteiger partial charge in [-0.2, -0.15) is 0 Å². The van der Waals surface area contributed by atoms with E-state index in [2.05, 4.69) is 5.32 Å². The summed E-state index contributed by atoms with van der Waals surface area (Å²) in [6, 6.07) is 14.5. The Hall–Kier alpha value is -2.03. The van der Waals surface area contributed by atoms with Crippen molar-refractivity contribution in [2.45, 2.75) is 44.6 Å². The minimum absolute atomic E-state index is 0.173. The van der Waals surface area contributed by atoms with Gasteiger partial charge in [0.2, 0.25) is 5.91 Å². The van der Waals surface area contributed by atoms with Gasteiger partial charge in [0, 0.05) is 24.4 Å². The standard InChI is InChI=1S/C20H23NO2/c22-19(21-20(15-6-7-15)16-8-9-16)13-11-17-10-12-18(23-17)14-4-2-1-3-5-14/h1-5,10,12,15-16,20H,6-9,11,13H2,(H,21,22). The van der Waals surface area contributed by atoms with E-state index in [0.717, 1.165) is 28.9 Å². The summed E-state index contributed by atoms with van der Waals surface area (Å²) in [5, 5.41) is 3.27. The Morgan fingerprint density at radius 3 is 2.39 bits per heavy atom. The highest BCUT2D eigenvalue weighted by atomic mass is 16.3. The van der Waals surface area contributed by atoms with E-state index in [1.54, 1.807) is 0 Å². The molecule has 1 heterocycles. The number of amides is 1. The fraction of sp³-hybridized carbons (Fsp3) is 0.450. The number of benzene rings is 1. The van der Waals surface area contributed by atoms with Crippen LogP contribution in [0, 0.1) is 11.8 Å². The average molecular weight is 309 g/mol. The summed E-state index contributed by atoms with van der Waals surface area (Å²) in [7, 11) is 0. The van der Waals surface area contributed by atoms with Crippen LogP contribution in [0.2, 0.25) is 0 Å². The van der Waals surface area contributed by atoms with E-state index in [9.17, 15) is 4.79 Å². The quantitative estimate of drug-likeness (QED) is 0.833. The van der Waals surface area contributed by atoms with Crippen LogP contribution >= 0.6 is 0 Å². The fourth-order valence-corrected chi connectivity index (χ4v) is 3.30. The fourth-order valence-electron chi connectivity index (χ4n) is 3.30. The monoisotopic (exact) mass is 309 g/mol. The molecule has 2 aromatic rings. The largest absolute Gasteiger partial charge is 0.461 e. The number of rotatable bonds is 7. The van der Waals surface area contributed by atoms with E-state index >= 15 is 0 Å². The number of carbonyl (C=O) groups is 1. The van der Waals surface area contributed by atoms with Crippen LogP contribution in [0.5, 0.6) is 0 Å². The van der Waals surface area contributed by atoms with Gasteiger partial charge in [0.1, 0.15) is 11.5 Å². The molecule has 0 unspecified atom stereocenters. The molecule has 3 nitrogen and oxygen atoms in total. The zero-order chi connectivity index (χ0) is 15.6. The van der Waals surface area contributed by atoms with Crippen LogP contribution in [0.4, 0.5) is 0 Å². The van der Waals surface area contributed by atoms with Crippen LogP contribution in [0.15, 0.2) is 46.9 Å². The first-order valence-corrected chi connectivity index (χ1v) is 8.73. The van der Waals surface area contributed by atoms with E-state index in [-0.39, 0.29) is 5.91 Å². The number of aryl methyl sites for hydroxylation is 1. The van der Waals surface area contributed by atoms with Crippen LogP contribution in [-0.4, -0.2) is 11.9 Å². The average Bonchev–Trinajstić information content (AvgIpc) is 3.50. The van der Waals surface area contributed by atoms with Crippen molar-refractivity contribution in [1.29, 1.82) is 0 Å². The van der Waals surface area contributed by atoms with Gasteiger partial charge in [0.25, 0.3) is 0 Å². The van der Waals surface area contributed by atoms with Gasteiger partial charge in [-0.05, 0) is 49.7 Å². The molecule has 2 fully saturated rings. The summed E-state index contributed by atoms with van der Waals surface area (Å²) < 4.78 is 5.86. The van der Waals surface area contributed by atoms with Crippen LogP contribution in [0.3, 0.4) is 0 Å². The second kappa shape index (κ2) is 6.23. The molecule has 0 aliphatic heterocycles. The van der Waals surface area contributed by atoms with Crippen molar-refractivity contribution in [3.63, 3.8) is 0 Å². The summed E-state index contributed by atoms with van der Waals surface area (Å²) in [6.07, 6.45) is 6.35. The van der Waals surface area contributed by atoms with Crippen molar-refractivity contribution in [2.75, 3.05) is 0 Å². The molecule has 2 aliphatic carbocycles. The minimum atomic E-state index is 0.173. The van der Waals surface area contributed by atoms with Crippen molar-refractivity contribution in [3.05, 3.63) is 48.2 Å². The number of hydrogen-bond donors (Lipinski definition) is 1. The molecular formula is C20H23NO2. The molecule has 1 aromatic carbocycles. The third kappa shape index (κ3) is 3.66. The first-order valence-electron chi connectivity index (χ1n) is 8.73. The number of hydrogen-bond acceptors (Lipinski definition) is 2. The molecule has 1 amide bonds. The second-order valence-corrected chi connectivity index (χ2v) is 6.90. The molecule has 0 saturated heterocycles. The molecule has 1 N–H and O–H groups in total. The van der Waals surface area contributed by atoms with Crippen LogP contribution < -0.4 is 5.32 Å². The maximum absolute atomic E-state index is 12.2. The summed E-state index contributed by atoms with van der Waals surface area (Å²) in [5.41, 5.74) is 1.07. The topological polar surface area (TPSA) is 42.2 Å². The highest BCUT2D eigenvalue weighted by molar-refractivity contribution is 5.76. The molecule has 4 rings (SSSR count). The van der Waals surface area contributed by atoms with Crippen LogP contribution in [0.1, 0.15) is 37.9 Å². The molecule has 23 heavy (non-hydrogen) atoms. The Kier molecular flexibility index (Phi) is 3.94. The first kappa shape index (κ1) is 14.6. The van der Waals surface area contributed by atoms with Gasteiger partial charge < -0.3 is 9.73 Å². The highest BCUT2D eigenvalue weighted by Crippen LogP contribution is 2.44. The van der Waals surface area contributed by atoms with Gasteiger partial charge in [-0.1, -0.05) is 30.3 Å². The molecule has 3 heteroatoms. The molecule has 120 valence electrons. The lowest BCUT2D eigenvalue weighted by Crippen LogP contribution is -2.38. The molecule has 1 aromatic heterocycles. The van der Waals surface area contributed by atoms with Crippen LogP contribution in [-0.2, 0) is 11.2 Å². The lowest BCUT2D eigenvalue weighted by atomic mass is 10.1. The van der Waals surface area contributed by atoms with E-state index < -0.39 is 0 Å². The van der Waals surface area contributed by atoms with Gasteiger partial charge in [-0.25, -0.2) is 0 Å². The minimum Gasteiger partial charge on any atom is -0.461 e. The highest BCUT2D eigenvalue weighted by Gasteiger charge is 2.42. The van der Waals surface area contributed by atoms with Gasteiger partial charge in [0.05, 0.1) is 0 Å². The Labute approximate surface area is 137 Å². The molecule has 0 atom stereocenters. The predicted octanol–water partition coefficient (Wildman–Crippen LogP) is 4.18. The van der Waals surface area contributed by atoms with Gasteiger partial charge in [-0.15, -0.1) is 0 Å². The molecule has 0 bridgehead atoms. The summed E-state index contributed by atoms with van der Waals surface area (Å²) in [6.45, 7) is 0. The van der Waals surface area contributed by atoms with E-state index in [0.29, 0.717) is 18.9 Å². The SMILES string of the molecule is O=C(CCc1ccc(-c2ccccc2)o1)NC(C1CC1)C1CC1. The van der Waals surface area contributed by atoms with Crippen molar-refractivity contribution < 1.29 is 9.21 Å². The smallest absolute Gasteiger partial charge is 0.220 e. The molecule has 2 saturated carbocycles. The predicted molar refractivity (Wildman–Crippen MR) is 89.8 cm³/mol. The van der Waals surface area contributed by atoms with Crippen molar-refractivity contribution in [3.8, 4) is 11.3 Å². The zero-order valence-electron chi connectivity index (χ0n) is 13.3. The summed E-state index contributed by atoms with van der Waals surface area (Å²) in [5.74, 6) is 3.43. The molecule has 0 spiro atoms. The number of carbonyl (C=O) groups excluding carboxylic acids is 1. The number of nitrogens with one attached hydrogen (secondary N) is 1. The molecule has 2 aliphatic rings. The van der Waals surface area contributed by atoms with Gasteiger partial charge >= 0.3 is 0 Å². The van der Waals surface area contributed by atoms with Crippen molar-refractivity contribution in [1.82, 2.24) is 5.32 Å². The first-order chi connectivity index (χ1) is 11.3.